The van der Waals surface area contributed by atoms with Crippen LogP contribution in [0.4, 0.5) is 18.9 Å². The number of fused-ring (bicyclic) bond motifs is 1. The summed E-state index contributed by atoms with van der Waals surface area (Å²) >= 11 is 0. The van der Waals surface area contributed by atoms with Crippen LogP contribution in [0.5, 0.6) is 5.75 Å². The lowest BCUT2D eigenvalue weighted by Crippen LogP contribution is -2.41. The number of hydrogen-bond donors (Lipinski definition) is 1. The standard InChI is InChI=1S/C24H20F3N5O3/c1-14-12-31(13-17-5-3-16(11-28)4-6-17)23(34)22-10-21(30-32(14)22)19-8-7-18(35-24(25,26)27)9-20(19)29-15(2)33/h3-10,14H,12-13H2,1-2H3,(H,29,33)/t14-/m0/s1. The van der Waals surface area contributed by atoms with Gasteiger partial charge in [0.25, 0.3) is 5.91 Å². The van der Waals surface area contributed by atoms with Crippen LogP contribution in [0.1, 0.15) is 41.5 Å². The Bertz CT molecular complexity index is 1330. The second-order valence-electron chi connectivity index (χ2n) is 8.14. The Hall–Kier alpha value is -4.33. The lowest BCUT2D eigenvalue weighted by Gasteiger charge is -2.31. The molecule has 0 saturated heterocycles. The number of aromatic nitrogens is 2. The third kappa shape index (κ3) is 5.27. The van der Waals surface area contributed by atoms with Crippen LogP contribution < -0.4 is 10.1 Å². The molecule has 0 radical (unpaired) electrons. The van der Waals surface area contributed by atoms with E-state index in [4.69, 9.17) is 5.26 Å². The number of rotatable bonds is 5. The van der Waals surface area contributed by atoms with Crippen molar-refractivity contribution in [1.82, 2.24) is 14.7 Å². The molecule has 2 amide bonds. The number of amides is 2. The van der Waals surface area contributed by atoms with Gasteiger partial charge in [-0.3, -0.25) is 14.3 Å². The quantitative estimate of drug-likeness (QED) is 0.576. The molecule has 2 aromatic carbocycles. The second kappa shape index (κ2) is 9.13. The summed E-state index contributed by atoms with van der Waals surface area (Å²) in [6.45, 7) is 3.86. The van der Waals surface area contributed by atoms with Gasteiger partial charge in [-0.25, -0.2) is 0 Å². The molecule has 1 aliphatic heterocycles. The highest BCUT2D eigenvalue weighted by atomic mass is 19.4. The van der Waals surface area contributed by atoms with Crippen LogP contribution in [-0.2, 0) is 11.3 Å². The Labute approximate surface area is 198 Å². The first-order valence-corrected chi connectivity index (χ1v) is 10.6. The molecule has 1 N–H and O–H groups in total. The third-order valence-electron chi connectivity index (χ3n) is 5.41. The average Bonchev–Trinajstić information content (AvgIpc) is 3.22. The number of anilines is 1. The molecule has 1 aromatic heterocycles. The molecule has 0 aliphatic carbocycles. The summed E-state index contributed by atoms with van der Waals surface area (Å²) in [6, 6.07) is 13.9. The third-order valence-corrected chi connectivity index (χ3v) is 5.41. The second-order valence-corrected chi connectivity index (χ2v) is 8.14. The maximum absolute atomic E-state index is 13.2. The van der Waals surface area contributed by atoms with E-state index in [1.54, 1.807) is 39.9 Å². The topological polar surface area (TPSA) is 100 Å². The number of alkyl halides is 3. The first-order valence-electron chi connectivity index (χ1n) is 10.6. The van der Waals surface area contributed by atoms with Crippen molar-refractivity contribution >= 4 is 17.5 Å². The summed E-state index contributed by atoms with van der Waals surface area (Å²) in [5.41, 5.74) is 2.45. The Morgan fingerprint density at radius 3 is 2.57 bits per heavy atom. The molecule has 0 unspecified atom stereocenters. The van der Waals surface area contributed by atoms with E-state index in [1.165, 1.54) is 13.0 Å². The molecule has 35 heavy (non-hydrogen) atoms. The average molecular weight is 483 g/mol. The predicted molar refractivity (Wildman–Crippen MR) is 119 cm³/mol. The van der Waals surface area contributed by atoms with Crippen molar-refractivity contribution in [2.45, 2.75) is 32.8 Å². The van der Waals surface area contributed by atoms with Gasteiger partial charge in [0.05, 0.1) is 29.1 Å². The molecule has 4 rings (SSSR count). The fourth-order valence-corrected chi connectivity index (χ4v) is 3.94. The molecule has 0 bridgehead atoms. The summed E-state index contributed by atoms with van der Waals surface area (Å²) in [6.07, 6.45) is -4.89. The van der Waals surface area contributed by atoms with Crippen LogP contribution in [-0.4, -0.2) is 39.4 Å². The zero-order chi connectivity index (χ0) is 25.3. The first kappa shape index (κ1) is 23.8. The van der Waals surface area contributed by atoms with E-state index in [-0.39, 0.29) is 17.6 Å². The van der Waals surface area contributed by atoms with E-state index < -0.39 is 18.0 Å². The minimum absolute atomic E-state index is 0.0734. The number of halogens is 3. The fraction of sp³-hybridized carbons (Fsp3) is 0.250. The van der Waals surface area contributed by atoms with E-state index >= 15 is 0 Å². The first-order chi connectivity index (χ1) is 16.5. The molecule has 1 atom stereocenters. The van der Waals surface area contributed by atoms with Gasteiger partial charge in [-0.15, -0.1) is 13.2 Å². The number of carbonyl (C=O) groups is 2. The molecule has 11 heteroatoms. The van der Waals surface area contributed by atoms with Crippen LogP contribution in [0.3, 0.4) is 0 Å². The summed E-state index contributed by atoms with van der Waals surface area (Å²) in [7, 11) is 0. The van der Waals surface area contributed by atoms with E-state index in [0.29, 0.717) is 35.6 Å². The molecule has 0 spiro atoms. The highest BCUT2D eigenvalue weighted by molar-refractivity contribution is 5.97. The van der Waals surface area contributed by atoms with Crippen molar-refractivity contribution in [3.05, 3.63) is 65.4 Å². The number of ether oxygens (including phenoxy) is 1. The van der Waals surface area contributed by atoms with E-state index in [9.17, 15) is 22.8 Å². The number of nitrogens with zero attached hydrogens (tertiary/aromatic N) is 4. The molecular formula is C24H20F3N5O3. The van der Waals surface area contributed by atoms with Gasteiger partial charge >= 0.3 is 6.36 Å². The van der Waals surface area contributed by atoms with E-state index in [0.717, 1.165) is 17.7 Å². The van der Waals surface area contributed by atoms with Crippen molar-refractivity contribution < 1.29 is 27.5 Å². The number of hydrogen-bond acceptors (Lipinski definition) is 5. The minimum Gasteiger partial charge on any atom is -0.406 e. The zero-order valence-electron chi connectivity index (χ0n) is 18.8. The number of nitriles is 1. The highest BCUT2D eigenvalue weighted by Crippen LogP contribution is 2.35. The van der Waals surface area contributed by atoms with Crippen LogP contribution in [0.15, 0.2) is 48.5 Å². The van der Waals surface area contributed by atoms with Crippen molar-refractivity contribution in [2.75, 3.05) is 11.9 Å². The smallest absolute Gasteiger partial charge is 0.406 e. The maximum atomic E-state index is 13.2. The summed E-state index contributed by atoms with van der Waals surface area (Å²) in [4.78, 5) is 26.5. The summed E-state index contributed by atoms with van der Waals surface area (Å²) in [5, 5.41) is 16.0. The molecule has 180 valence electrons. The Morgan fingerprint density at radius 2 is 1.94 bits per heavy atom. The molecule has 0 fully saturated rings. The van der Waals surface area contributed by atoms with Gasteiger partial charge in [0.1, 0.15) is 11.4 Å². The fourth-order valence-electron chi connectivity index (χ4n) is 3.94. The maximum Gasteiger partial charge on any atom is 0.573 e. The van der Waals surface area contributed by atoms with Gasteiger partial charge in [-0.05, 0) is 42.8 Å². The SMILES string of the molecule is CC(=O)Nc1cc(OC(F)(F)F)ccc1-c1cc2n(n1)[C@@H](C)CN(Cc1ccc(C#N)cc1)C2=O. The Kier molecular flexibility index (Phi) is 6.22. The highest BCUT2D eigenvalue weighted by Gasteiger charge is 2.33. The minimum atomic E-state index is -4.89. The molecule has 3 aromatic rings. The van der Waals surface area contributed by atoms with Crippen molar-refractivity contribution in [3.8, 4) is 23.1 Å². The van der Waals surface area contributed by atoms with Crippen molar-refractivity contribution in [2.24, 2.45) is 0 Å². The Morgan fingerprint density at radius 1 is 1.23 bits per heavy atom. The van der Waals surface area contributed by atoms with Gasteiger partial charge in [0.2, 0.25) is 5.91 Å². The molecule has 0 saturated carbocycles. The van der Waals surface area contributed by atoms with E-state index in [1.807, 2.05) is 6.92 Å². The van der Waals surface area contributed by atoms with Crippen molar-refractivity contribution in [1.29, 1.82) is 5.26 Å². The number of carbonyl (C=O) groups excluding carboxylic acids is 2. The lowest BCUT2D eigenvalue weighted by molar-refractivity contribution is -0.274. The predicted octanol–water partition coefficient (Wildman–Crippen LogP) is 4.50. The Balaban J connectivity index is 1.65. The van der Waals surface area contributed by atoms with Gasteiger partial charge < -0.3 is 15.0 Å². The zero-order valence-corrected chi connectivity index (χ0v) is 18.8. The van der Waals surface area contributed by atoms with Gasteiger partial charge in [-0.2, -0.15) is 10.4 Å². The molecule has 1 aliphatic rings. The van der Waals surface area contributed by atoms with E-state index in [2.05, 4.69) is 21.2 Å². The number of benzene rings is 2. The normalized spacial score (nSPS) is 15.4. The van der Waals surface area contributed by atoms with Gasteiger partial charge in [-0.1, -0.05) is 12.1 Å². The van der Waals surface area contributed by atoms with Crippen LogP contribution in [0.2, 0.25) is 0 Å². The van der Waals surface area contributed by atoms with Crippen LogP contribution in [0, 0.1) is 11.3 Å². The monoisotopic (exact) mass is 483 g/mol. The lowest BCUT2D eigenvalue weighted by atomic mass is 10.1. The summed E-state index contributed by atoms with van der Waals surface area (Å²) in [5.74, 6) is -1.24. The van der Waals surface area contributed by atoms with Crippen LogP contribution in [0.25, 0.3) is 11.3 Å². The summed E-state index contributed by atoms with van der Waals surface area (Å²) < 4.78 is 43.5. The molecule has 2 heterocycles. The van der Waals surface area contributed by atoms with Gasteiger partial charge in [0.15, 0.2) is 0 Å². The molecular weight excluding hydrogens is 463 g/mol. The van der Waals surface area contributed by atoms with Crippen molar-refractivity contribution in [3.63, 3.8) is 0 Å². The van der Waals surface area contributed by atoms with Gasteiger partial charge in [0, 0.05) is 31.6 Å². The van der Waals surface area contributed by atoms with Crippen LogP contribution >= 0.6 is 0 Å². The number of nitrogens with one attached hydrogen (secondary N) is 1. The largest absolute Gasteiger partial charge is 0.573 e. The molecule has 8 nitrogen and oxygen atoms in total.